The number of fused-ring (bicyclic) bond motifs is 5. The minimum absolute atomic E-state index is 0.233. The van der Waals surface area contributed by atoms with Crippen molar-refractivity contribution >= 4 is 57.6 Å². The standard InChI is InChI=1S/C40H24Cl2N2O3/c41-29-17-13-27(14-18-29)39-32(25-7-3-1-4-8-25)33(26-9-5-2-6-10-26)40(38(39)47,28-15-19-30(42)20-16-28)35-34(39)36(45)44(37(35)46)31-21-11-24(23-43)12-22-31/h1-22,34-35H/t34-,35+,39-,40-/m0/s1. The van der Waals surface area contributed by atoms with E-state index >= 15 is 4.79 Å². The number of hydrogen-bond acceptors (Lipinski definition) is 4. The fourth-order valence-electron chi connectivity index (χ4n) is 8.30. The number of nitriles is 1. The van der Waals surface area contributed by atoms with Crippen LogP contribution in [0.15, 0.2) is 133 Å². The summed E-state index contributed by atoms with van der Waals surface area (Å²) >= 11 is 12.8. The van der Waals surface area contributed by atoms with Crippen LogP contribution in [0.3, 0.4) is 0 Å². The highest BCUT2D eigenvalue weighted by atomic mass is 35.5. The average Bonchev–Trinajstić information content (AvgIpc) is 3.61. The van der Waals surface area contributed by atoms with Gasteiger partial charge in [0.25, 0.3) is 0 Å². The zero-order valence-corrected chi connectivity index (χ0v) is 26.2. The number of amides is 2. The van der Waals surface area contributed by atoms with Gasteiger partial charge in [-0.1, -0.05) is 108 Å². The first-order valence-electron chi connectivity index (χ1n) is 15.2. The molecule has 5 aromatic rings. The number of allylic oxidation sites excluding steroid dienone is 2. The van der Waals surface area contributed by atoms with Crippen molar-refractivity contribution in [3.8, 4) is 6.07 Å². The molecule has 2 fully saturated rings. The van der Waals surface area contributed by atoms with Crippen molar-refractivity contribution in [1.29, 1.82) is 5.26 Å². The zero-order valence-electron chi connectivity index (χ0n) is 24.7. The number of imide groups is 1. The topological polar surface area (TPSA) is 78.2 Å². The number of halogens is 2. The molecule has 5 aromatic carbocycles. The number of rotatable bonds is 5. The first-order valence-corrected chi connectivity index (χ1v) is 15.9. The van der Waals surface area contributed by atoms with Gasteiger partial charge in [0.1, 0.15) is 0 Å². The Labute approximate surface area is 281 Å². The molecule has 0 aromatic heterocycles. The van der Waals surface area contributed by atoms with Crippen molar-refractivity contribution in [1.82, 2.24) is 0 Å². The summed E-state index contributed by atoms with van der Waals surface area (Å²) in [5, 5.41) is 10.4. The predicted octanol–water partition coefficient (Wildman–Crippen LogP) is 8.05. The molecule has 7 heteroatoms. The van der Waals surface area contributed by atoms with Crippen LogP contribution in [0.25, 0.3) is 11.1 Å². The second-order valence-electron chi connectivity index (χ2n) is 12.1. The average molecular weight is 652 g/mol. The SMILES string of the molecule is N#Cc1ccc(N2C(=O)[C@@H]3[C@H](C2=O)[C@@]2(c4ccc(Cl)cc4)C(=O)[C@@]3(c3ccc(Cl)cc3)C(c3ccccc3)=C2c2ccccc2)cc1. The van der Waals surface area contributed by atoms with Crippen LogP contribution < -0.4 is 4.90 Å². The molecule has 0 spiro atoms. The molecule has 5 nitrogen and oxygen atoms in total. The number of carbonyl (C=O) groups is 3. The highest BCUT2D eigenvalue weighted by Gasteiger charge is 2.82. The summed E-state index contributed by atoms with van der Waals surface area (Å²) in [6.45, 7) is 0. The van der Waals surface area contributed by atoms with Gasteiger partial charge >= 0.3 is 0 Å². The molecule has 3 aliphatic rings. The quantitative estimate of drug-likeness (QED) is 0.180. The van der Waals surface area contributed by atoms with E-state index in [2.05, 4.69) is 6.07 Å². The second-order valence-corrected chi connectivity index (χ2v) is 12.9. The number of benzene rings is 5. The molecule has 4 atom stereocenters. The van der Waals surface area contributed by atoms with E-state index in [1.807, 2.05) is 60.7 Å². The third-order valence-electron chi connectivity index (χ3n) is 9.97. The minimum atomic E-state index is -1.55. The molecule has 1 aliphatic heterocycles. The summed E-state index contributed by atoms with van der Waals surface area (Å²) in [7, 11) is 0. The van der Waals surface area contributed by atoms with Gasteiger partial charge in [-0.15, -0.1) is 0 Å². The maximum Gasteiger partial charge on any atom is 0.239 e. The van der Waals surface area contributed by atoms with Gasteiger partial charge in [-0.2, -0.15) is 5.26 Å². The smallest absolute Gasteiger partial charge is 0.239 e. The Kier molecular flexibility index (Phi) is 6.59. The van der Waals surface area contributed by atoms with Crippen LogP contribution in [0.4, 0.5) is 5.69 Å². The maximum absolute atomic E-state index is 15.9. The van der Waals surface area contributed by atoms with Crippen molar-refractivity contribution in [2.75, 3.05) is 4.90 Å². The molecule has 8 rings (SSSR count). The van der Waals surface area contributed by atoms with Crippen LogP contribution in [0, 0.1) is 23.2 Å². The summed E-state index contributed by atoms with van der Waals surface area (Å²) in [4.78, 5) is 47.1. The third kappa shape index (κ3) is 3.80. The lowest BCUT2D eigenvalue weighted by molar-refractivity contribution is -0.130. The number of hydrogen-bond donors (Lipinski definition) is 0. The van der Waals surface area contributed by atoms with Crippen molar-refractivity contribution in [3.63, 3.8) is 0 Å². The molecular formula is C40H24Cl2N2O3. The lowest BCUT2D eigenvalue weighted by Crippen LogP contribution is -2.45. The Morgan fingerprint density at radius 1 is 0.553 bits per heavy atom. The molecule has 2 amide bonds. The molecule has 2 aliphatic carbocycles. The van der Waals surface area contributed by atoms with Crippen LogP contribution >= 0.6 is 23.2 Å². The Hall–Kier alpha value is -5.28. The van der Waals surface area contributed by atoms with Gasteiger partial charge in [0.15, 0.2) is 5.78 Å². The van der Waals surface area contributed by atoms with E-state index in [0.29, 0.717) is 43.6 Å². The van der Waals surface area contributed by atoms with Gasteiger partial charge in [-0.05, 0) is 81.9 Å². The Morgan fingerprint density at radius 3 is 1.34 bits per heavy atom. The van der Waals surface area contributed by atoms with E-state index < -0.39 is 34.5 Å². The monoisotopic (exact) mass is 650 g/mol. The highest BCUT2D eigenvalue weighted by Crippen LogP contribution is 2.74. The number of anilines is 1. The molecule has 1 saturated carbocycles. The largest absolute Gasteiger partial charge is 0.297 e. The Bertz CT molecular complexity index is 2050. The first kappa shape index (κ1) is 29.1. The van der Waals surface area contributed by atoms with Gasteiger partial charge in [0, 0.05) is 10.0 Å². The lowest BCUT2D eigenvalue weighted by Gasteiger charge is -2.39. The molecule has 1 heterocycles. The summed E-state index contributed by atoms with van der Waals surface area (Å²) < 4.78 is 0. The molecule has 0 unspecified atom stereocenters. The predicted molar refractivity (Wildman–Crippen MR) is 182 cm³/mol. The third-order valence-corrected chi connectivity index (χ3v) is 10.5. The first-order chi connectivity index (χ1) is 22.8. The number of nitrogens with zero attached hydrogens (tertiary/aromatic N) is 2. The van der Waals surface area contributed by atoms with Crippen LogP contribution in [0.5, 0.6) is 0 Å². The fourth-order valence-corrected chi connectivity index (χ4v) is 8.55. The van der Waals surface area contributed by atoms with Crippen LogP contribution in [-0.4, -0.2) is 17.6 Å². The number of ketones is 1. The van der Waals surface area contributed by atoms with E-state index in [0.717, 1.165) is 11.1 Å². The van der Waals surface area contributed by atoms with Crippen molar-refractivity contribution < 1.29 is 14.4 Å². The van der Waals surface area contributed by atoms with Gasteiger partial charge < -0.3 is 0 Å². The molecule has 2 bridgehead atoms. The van der Waals surface area contributed by atoms with Crippen LogP contribution in [-0.2, 0) is 25.2 Å². The number of carbonyl (C=O) groups excluding carboxylic acids is 3. The van der Waals surface area contributed by atoms with Gasteiger partial charge in [0.2, 0.25) is 11.8 Å². The number of Topliss-reactive ketones (excluding diaryl/α,β-unsaturated/α-hetero) is 1. The summed E-state index contributed by atoms with van der Waals surface area (Å²) in [5.74, 6) is -3.31. The van der Waals surface area contributed by atoms with Gasteiger partial charge in [-0.3, -0.25) is 14.4 Å². The minimum Gasteiger partial charge on any atom is -0.297 e. The highest BCUT2D eigenvalue weighted by molar-refractivity contribution is 6.39. The van der Waals surface area contributed by atoms with Crippen molar-refractivity contribution in [3.05, 3.63) is 171 Å². The molecule has 47 heavy (non-hydrogen) atoms. The summed E-state index contributed by atoms with van der Waals surface area (Å²) in [5.41, 5.74) is 1.77. The van der Waals surface area contributed by atoms with E-state index in [9.17, 15) is 14.9 Å². The molecule has 226 valence electrons. The Morgan fingerprint density at radius 2 is 0.957 bits per heavy atom. The normalized spacial score (nSPS) is 24.5. The van der Waals surface area contributed by atoms with Crippen LogP contribution in [0.2, 0.25) is 10.0 Å². The van der Waals surface area contributed by atoms with Gasteiger partial charge in [0.05, 0.1) is 40.0 Å². The zero-order chi connectivity index (χ0) is 32.5. The van der Waals surface area contributed by atoms with E-state index in [1.54, 1.807) is 72.8 Å². The molecule has 0 N–H and O–H groups in total. The second kappa shape index (κ2) is 10.6. The summed E-state index contributed by atoms with van der Waals surface area (Å²) in [6, 6.07) is 41.8. The van der Waals surface area contributed by atoms with E-state index in [1.165, 1.54) is 4.90 Å². The van der Waals surface area contributed by atoms with Crippen LogP contribution in [0.1, 0.15) is 27.8 Å². The Balaban J connectivity index is 1.54. The lowest BCUT2D eigenvalue weighted by atomic mass is 9.59. The molecule has 1 saturated heterocycles. The van der Waals surface area contributed by atoms with E-state index in [-0.39, 0.29) is 5.78 Å². The summed E-state index contributed by atoms with van der Waals surface area (Å²) in [6.07, 6.45) is 0. The fraction of sp³-hybridized carbons (Fsp3) is 0.100. The molecular weight excluding hydrogens is 627 g/mol. The van der Waals surface area contributed by atoms with Gasteiger partial charge in [-0.25, -0.2) is 4.90 Å². The maximum atomic E-state index is 15.9. The van der Waals surface area contributed by atoms with Crippen molar-refractivity contribution in [2.45, 2.75) is 10.8 Å². The van der Waals surface area contributed by atoms with Crippen molar-refractivity contribution in [2.24, 2.45) is 11.8 Å². The van der Waals surface area contributed by atoms with E-state index in [4.69, 9.17) is 23.2 Å². The molecule has 0 radical (unpaired) electrons.